The molecule has 0 bridgehead atoms. The fraction of sp³-hybridized carbons (Fsp3) is 0.235. The number of rotatable bonds is 10. The highest BCUT2D eigenvalue weighted by Crippen LogP contribution is 2.29. The summed E-state index contributed by atoms with van der Waals surface area (Å²) in [7, 11) is 3.08. The Kier molecular flexibility index (Phi) is 14.0. The van der Waals surface area contributed by atoms with E-state index in [1.807, 2.05) is 0 Å². The predicted molar refractivity (Wildman–Crippen MR) is 191 cm³/mol. The van der Waals surface area contributed by atoms with Crippen molar-refractivity contribution < 1.29 is 47.0 Å². The summed E-state index contributed by atoms with van der Waals surface area (Å²) in [5, 5.41) is 5.18. The van der Waals surface area contributed by atoms with Gasteiger partial charge in [-0.2, -0.15) is 0 Å². The third-order valence-corrected chi connectivity index (χ3v) is 8.84. The van der Waals surface area contributed by atoms with E-state index in [0.29, 0.717) is 16.9 Å². The number of hydrogen-bond acceptors (Lipinski definition) is 8. The van der Waals surface area contributed by atoms with Gasteiger partial charge >= 0.3 is 11.9 Å². The maximum atomic E-state index is 13.3. The first-order chi connectivity index (χ1) is 23.9. The van der Waals surface area contributed by atoms with Crippen LogP contribution < -0.4 is 10.6 Å². The number of nitrogens with zero attached hydrogens (tertiary/aromatic N) is 2. The second-order valence-corrected chi connectivity index (χ2v) is 12.7. The third-order valence-electron chi connectivity index (χ3n) is 7.18. The molecule has 2 aromatic heterocycles. The summed E-state index contributed by atoms with van der Waals surface area (Å²) in [5.41, 5.74) is 1.67. The number of aromatic nitrogens is 2. The largest absolute Gasteiger partial charge is 0.460 e. The van der Waals surface area contributed by atoms with Crippen molar-refractivity contribution in [3.8, 4) is 0 Å². The molecule has 0 fully saturated rings. The Balaban J connectivity index is 0.000000276. The summed E-state index contributed by atoms with van der Waals surface area (Å²) < 4.78 is 39.1. The molecule has 0 aliphatic rings. The lowest BCUT2D eigenvalue weighted by Gasteiger charge is -2.08. The average molecular weight is 857 g/mol. The van der Waals surface area contributed by atoms with E-state index >= 15 is 0 Å². The number of benzene rings is 2. The predicted octanol–water partition coefficient (Wildman–Crippen LogP) is 7.12. The number of halogens is 5. The lowest BCUT2D eigenvalue weighted by Crippen LogP contribution is -2.19. The number of nitrogens with one attached hydrogen (secondary N) is 2. The van der Waals surface area contributed by atoms with Crippen LogP contribution in [0.1, 0.15) is 66.7 Å². The number of carbonyl (C=O) groups is 6. The van der Waals surface area contributed by atoms with E-state index < -0.39 is 47.0 Å². The minimum atomic E-state index is -1.04. The van der Waals surface area contributed by atoms with Crippen LogP contribution in [0.15, 0.2) is 51.5 Å². The van der Waals surface area contributed by atoms with Crippen LogP contribution in [0.4, 0.5) is 20.2 Å². The van der Waals surface area contributed by atoms with Crippen LogP contribution in [0.25, 0.3) is 0 Å². The number of ether oxygens (including phenoxy) is 2. The number of ketones is 2. The van der Waals surface area contributed by atoms with E-state index in [9.17, 15) is 37.5 Å². The first kappa shape index (κ1) is 40.8. The van der Waals surface area contributed by atoms with Crippen LogP contribution in [0.3, 0.4) is 0 Å². The van der Waals surface area contributed by atoms with Crippen molar-refractivity contribution in [2.24, 2.45) is 14.1 Å². The molecule has 0 spiro atoms. The van der Waals surface area contributed by atoms with Crippen molar-refractivity contribution >= 4 is 90.2 Å². The van der Waals surface area contributed by atoms with Gasteiger partial charge in [-0.1, -0.05) is 11.6 Å². The zero-order chi connectivity index (χ0) is 38.3. The van der Waals surface area contributed by atoms with Gasteiger partial charge in [0.05, 0.1) is 33.3 Å². The molecule has 51 heavy (non-hydrogen) atoms. The van der Waals surface area contributed by atoms with Gasteiger partial charge in [0.1, 0.15) is 28.2 Å². The van der Waals surface area contributed by atoms with Gasteiger partial charge in [-0.3, -0.25) is 19.2 Å². The minimum absolute atomic E-state index is 0.0425. The van der Waals surface area contributed by atoms with Crippen LogP contribution in [0.2, 0.25) is 5.15 Å². The molecule has 4 rings (SSSR count). The molecule has 2 heterocycles. The molecule has 2 N–H and O–H groups in total. The normalized spacial score (nSPS) is 10.5. The van der Waals surface area contributed by atoms with Gasteiger partial charge in [-0.25, -0.2) is 18.4 Å². The Bertz CT molecular complexity index is 2060. The summed E-state index contributed by atoms with van der Waals surface area (Å²) in [6.45, 7) is 6.38. The van der Waals surface area contributed by atoms with Crippen LogP contribution in [0.5, 0.6) is 0 Å². The number of aryl methyl sites for hydroxylation is 1. The molecule has 0 aliphatic carbocycles. The van der Waals surface area contributed by atoms with Crippen molar-refractivity contribution in [3.63, 3.8) is 0 Å². The molecule has 2 aromatic carbocycles. The van der Waals surface area contributed by atoms with Crippen LogP contribution in [-0.2, 0) is 33.2 Å². The van der Waals surface area contributed by atoms with Gasteiger partial charge in [0.25, 0.3) is 23.4 Å². The Morgan fingerprint density at radius 2 is 1.20 bits per heavy atom. The molecule has 17 heteroatoms. The highest BCUT2D eigenvalue weighted by molar-refractivity contribution is 9.10. The summed E-state index contributed by atoms with van der Waals surface area (Å²) >= 11 is 12.2. The molecule has 0 saturated heterocycles. The first-order valence-corrected chi connectivity index (χ1v) is 16.9. The van der Waals surface area contributed by atoms with E-state index in [1.165, 1.54) is 65.7 Å². The Hall–Kier alpha value is -4.67. The topological polar surface area (TPSA) is 155 Å². The lowest BCUT2D eigenvalue weighted by molar-refractivity contribution is -0.138. The minimum Gasteiger partial charge on any atom is -0.460 e. The lowest BCUT2D eigenvalue weighted by atomic mass is 10.1. The maximum absolute atomic E-state index is 13.3. The molecule has 0 radical (unpaired) electrons. The number of carbonyl (C=O) groups excluding carboxylic acids is 6. The summed E-state index contributed by atoms with van der Waals surface area (Å²) in [6.07, 6.45) is 1.41. The fourth-order valence-electron chi connectivity index (χ4n) is 4.82. The zero-order valence-corrected chi connectivity index (χ0v) is 31.9. The molecule has 4 aromatic rings. The Labute approximate surface area is 312 Å². The van der Waals surface area contributed by atoms with Crippen LogP contribution >= 0.6 is 43.5 Å². The zero-order valence-electron chi connectivity index (χ0n) is 28.0. The van der Waals surface area contributed by atoms with Gasteiger partial charge < -0.3 is 29.2 Å². The second kappa shape index (κ2) is 17.5. The highest BCUT2D eigenvalue weighted by Gasteiger charge is 2.31. The van der Waals surface area contributed by atoms with Crippen molar-refractivity contribution in [1.82, 2.24) is 9.13 Å². The average Bonchev–Trinajstić information content (AvgIpc) is 3.49. The summed E-state index contributed by atoms with van der Waals surface area (Å²) in [5.74, 6) is -5.70. The van der Waals surface area contributed by atoms with E-state index in [-0.39, 0.29) is 55.4 Å². The molecular weight excluding hydrogens is 826 g/mol. The van der Waals surface area contributed by atoms with Crippen molar-refractivity contribution in [2.75, 3.05) is 23.8 Å². The molecule has 0 saturated carbocycles. The number of esters is 2. The second-order valence-electron chi connectivity index (χ2n) is 10.6. The molecule has 0 aliphatic heterocycles. The Morgan fingerprint density at radius 1 is 0.745 bits per heavy atom. The van der Waals surface area contributed by atoms with Gasteiger partial charge in [-0.05, 0) is 107 Å². The summed E-state index contributed by atoms with van der Waals surface area (Å²) in [4.78, 5) is 72.8. The fourth-order valence-corrected chi connectivity index (χ4v) is 5.89. The SMILES string of the molecule is CCOC(=O)C(=O)c1c(C)c(C(=O)Nc2ccc(F)c(Br)c2)n(C)c1Cl.CCOC(=O)C(=O)c1cn(C)c(C(=O)Nc2ccc(F)c(Br)c2)c1C. The number of hydrogen-bond donors (Lipinski definition) is 2. The van der Waals surface area contributed by atoms with E-state index in [4.69, 9.17) is 21.1 Å². The maximum Gasteiger partial charge on any atom is 0.379 e. The van der Waals surface area contributed by atoms with E-state index in [1.54, 1.807) is 27.8 Å². The van der Waals surface area contributed by atoms with Crippen molar-refractivity contribution in [2.45, 2.75) is 27.7 Å². The molecular formula is C34H31Br2ClF2N4O8. The Morgan fingerprint density at radius 3 is 1.65 bits per heavy atom. The number of Topliss-reactive ketones (excluding diaryl/α,β-unsaturated/α-hetero) is 2. The van der Waals surface area contributed by atoms with E-state index in [0.717, 1.165) is 0 Å². The third kappa shape index (κ3) is 9.36. The van der Waals surface area contributed by atoms with Crippen molar-refractivity contribution in [3.05, 3.63) is 102 Å². The summed E-state index contributed by atoms with van der Waals surface area (Å²) in [6, 6.07) is 8.05. The molecule has 12 nitrogen and oxygen atoms in total. The number of anilines is 2. The van der Waals surface area contributed by atoms with Crippen LogP contribution in [0, 0.1) is 25.5 Å². The van der Waals surface area contributed by atoms with Gasteiger partial charge in [0.15, 0.2) is 0 Å². The van der Waals surface area contributed by atoms with Gasteiger partial charge in [-0.15, -0.1) is 0 Å². The molecule has 2 amide bonds. The van der Waals surface area contributed by atoms with Crippen molar-refractivity contribution in [1.29, 1.82) is 0 Å². The molecule has 270 valence electrons. The smallest absolute Gasteiger partial charge is 0.379 e. The quantitative estimate of drug-likeness (QED) is 0.0972. The van der Waals surface area contributed by atoms with Crippen LogP contribution in [-0.4, -0.2) is 57.7 Å². The molecule has 0 unspecified atom stereocenters. The monoisotopic (exact) mass is 854 g/mol. The first-order valence-electron chi connectivity index (χ1n) is 14.9. The van der Waals surface area contributed by atoms with E-state index in [2.05, 4.69) is 42.5 Å². The standard InChI is InChI=1S/C17H15BrClFN2O4.C17H16BrFN2O4/c1-4-26-17(25)14(23)12-8(2)13(22(3)15(12)19)16(24)21-9-5-6-11(20)10(18)7-9;1-4-25-17(24)15(22)11-8-21(3)14(9(11)2)16(23)20-10-5-6-13(19)12(18)7-10/h5-7H,4H2,1-3H3,(H,21,24);5-8H,4H2,1-3H3,(H,20,23). The van der Waals surface area contributed by atoms with Gasteiger partial charge in [0.2, 0.25) is 0 Å². The molecule has 0 atom stereocenters. The van der Waals surface area contributed by atoms with Gasteiger partial charge in [0, 0.05) is 31.7 Å². The highest BCUT2D eigenvalue weighted by atomic mass is 79.9. The number of amides is 2.